The lowest BCUT2D eigenvalue weighted by atomic mass is 9.82. The Labute approximate surface area is 180 Å². The van der Waals surface area contributed by atoms with Crippen LogP contribution in [0.1, 0.15) is 125 Å². The van der Waals surface area contributed by atoms with Crippen LogP contribution in [0.25, 0.3) is 0 Å². The van der Waals surface area contributed by atoms with Crippen molar-refractivity contribution in [1.29, 1.82) is 0 Å². The Morgan fingerprint density at radius 1 is 0.724 bits per heavy atom. The van der Waals surface area contributed by atoms with Crippen LogP contribution in [0.2, 0.25) is 0 Å². The molecule has 4 nitrogen and oxygen atoms in total. The summed E-state index contributed by atoms with van der Waals surface area (Å²) >= 11 is 0. The minimum atomic E-state index is -0.568. The summed E-state index contributed by atoms with van der Waals surface area (Å²) < 4.78 is 10.8. The minimum Gasteiger partial charge on any atom is -0.466 e. The monoisotopic (exact) mass is 412 g/mol. The average Bonchev–Trinajstić information content (AvgIpc) is 2.65. The molecule has 0 aliphatic carbocycles. The Balaban J connectivity index is 3.90. The zero-order valence-corrected chi connectivity index (χ0v) is 20.0. The SMILES string of the molecule is CCCCCCCCOC(=O)CC(C)CC(C)(C)C(=O)OCCCCCCCC. The maximum atomic E-state index is 12.4. The van der Waals surface area contributed by atoms with Crippen molar-refractivity contribution in [2.75, 3.05) is 13.2 Å². The van der Waals surface area contributed by atoms with Crippen molar-refractivity contribution in [2.24, 2.45) is 11.3 Å². The lowest BCUT2D eigenvalue weighted by molar-refractivity contribution is -0.156. The number of ether oxygens (including phenoxy) is 2. The molecule has 0 amide bonds. The van der Waals surface area contributed by atoms with E-state index in [0.717, 1.165) is 25.7 Å². The van der Waals surface area contributed by atoms with Crippen LogP contribution < -0.4 is 0 Å². The third-order valence-electron chi connectivity index (χ3n) is 5.42. The van der Waals surface area contributed by atoms with Gasteiger partial charge >= 0.3 is 11.9 Å². The highest BCUT2D eigenvalue weighted by atomic mass is 16.5. The van der Waals surface area contributed by atoms with Crippen molar-refractivity contribution < 1.29 is 19.1 Å². The summed E-state index contributed by atoms with van der Waals surface area (Å²) in [6.45, 7) is 11.3. The Hall–Kier alpha value is -1.06. The van der Waals surface area contributed by atoms with Gasteiger partial charge in [0, 0.05) is 6.42 Å². The molecule has 4 heteroatoms. The first-order chi connectivity index (χ1) is 13.8. The number of hydrogen-bond acceptors (Lipinski definition) is 4. The second kappa shape index (κ2) is 17.8. The van der Waals surface area contributed by atoms with Gasteiger partial charge in [0.15, 0.2) is 0 Å². The van der Waals surface area contributed by atoms with E-state index in [1.54, 1.807) is 0 Å². The zero-order valence-electron chi connectivity index (χ0n) is 20.0. The van der Waals surface area contributed by atoms with Gasteiger partial charge in [-0.2, -0.15) is 0 Å². The van der Waals surface area contributed by atoms with E-state index in [4.69, 9.17) is 9.47 Å². The van der Waals surface area contributed by atoms with Gasteiger partial charge in [-0.15, -0.1) is 0 Å². The van der Waals surface area contributed by atoms with E-state index in [1.165, 1.54) is 51.4 Å². The van der Waals surface area contributed by atoms with Crippen LogP contribution in [0, 0.1) is 11.3 Å². The fraction of sp³-hybridized carbons (Fsp3) is 0.920. The zero-order chi connectivity index (χ0) is 22.0. The molecule has 0 N–H and O–H groups in total. The molecule has 0 saturated heterocycles. The van der Waals surface area contributed by atoms with Crippen LogP contribution in [0.4, 0.5) is 0 Å². The molecular weight excluding hydrogens is 364 g/mol. The molecule has 0 spiro atoms. The molecule has 0 bridgehead atoms. The van der Waals surface area contributed by atoms with Crippen LogP contribution >= 0.6 is 0 Å². The van der Waals surface area contributed by atoms with E-state index in [2.05, 4.69) is 13.8 Å². The van der Waals surface area contributed by atoms with E-state index in [0.29, 0.717) is 26.1 Å². The van der Waals surface area contributed by atoms with Crippen molar-refractivity contribution in [3.63, 3.8) is 0 Å². The first-order valence-corrected chi connectivity index (χ1v) is 12.2. The Morgan fingerprint density at radius 2 is 1.17 bits per heavy atom. The van der Waals surface area contributed by atoms with Crippen LogP contribution in [0.3, 0.4) is 0 Å². The predicted octanol–water partition coefficient (Wildman–Crippen LogP) is 7.24. The fourth-order valence-corrected chi connectivity index (χ4v) is 3.68. The normalized spacial score (nSPS) is 12.6. The van der Waals surface area contributed by atoms with Gasteiger partial charge in [-0.1, -0.05) is 85.0 Å². The van der Waals surface area contributed by atoms with Crippen molar-refractivity contribution in [2.45, 2.75) is 125 Å². The molecule has 0 aromatic heterocycles. The van der Waals surface area contributed by atoms with Crippen LogP contribution in [-0.2, 0) is 19.1 Å². The summed E-state index contributed by atoms with van der Waals surface area (Å²) in [5.74, 6) is -0.204. The first-order valence-electron chi connectivity index (χ1n) is 12.2. The second-order valence-electron chi connectivity index (χ2n) is 9.29. The summed E-state index contributed by atoms with van der Waals surface area (Å²) in [7, 11) is 0. The highest BCUT2D eigenvalue weighted by Gasteiger charge is 2.31. The first kappa shape index (κ1) is 27.9. The van der Waals surface area contributed by atoms with Crippen LogP contribution in [-0.4, -0.2) is 25.2 Å². The Kier molecular flexibility index (Phi) is 17.1. The van der Waals surface area contributed by atoms with Crippen LogP contribution in [0.5, 0.6) is 0 Å². The molecule has 1 unspecified atom stereocenters. The number of carbonyl (C=O) groups is 2. The largest absolute Gasteiger partial charge is 0.466 e. The average molecular weight is 413 g/mol. The molecule has 172 valence electrons. The summed E-state index contributed by atoms with van der Waals surface area (Å²) in [6, 6.07) is 0. The lowest BCUT2D eigenvalue weighted by Crippen LogP contribution is -2.29. The van der Waals surface area contributed by atoms with Gasteiger partial charge in [-0.3, -0.25) is 9.59 Å². The summed E-state index contributed by atoms with van der Waals surface area (Å²) in [5, 5.41) is 0. The molecule has 0 aromatic rings. The maximum Gasteiger partial charge on any atom is 0.311 e. The molecule has 0 aliphatic heterocycles. The topological polar surface area (TPSA) is 52.6 Å². The van der Waals surface area contributed by atoms with Gasteiger partial charge in [-0.05, 0) is 39.0 Å². The van der Waals surface area contributed by atoms with Gasteiger partial charge in [0.2, 0.25) is 0 Å². The number of unbranched alkanes of at least 4 members (excludes halogenated alkanes) is 10. The molecular formula is C25H48O4. The molecule has 0 aromatic carbocycles. The van der Waals surface area contributed by atoms with Crippen LogP contribution in [0.15, 0.2) is 0 Å². The van der Waals surface area contributed by atoms with E-state index in [1.807, 2.05) is 20.8 Å². The van der Waals surface area contributed by atoms with Gasteiger partial charge in [-0.25, -0.2) is 0 Å². The number of hydrogen-bond donors (Lipinski definition) is 0. The highest BCUT2D eigenvalue weighted by Crippen LogP contribution is 2.29. The minimum absolute atomic E-state index is 0.101. The molecule has 0 saturated carbocycles. The standard InChI is InChI=1S/C25H48O4/c1-6-8-10-12-14-16-18-28-23(26)20-22(3)21-25(4,5)24(27)29-19-17-15-13-11-9-7-2/h22H,6-21H2,1-5H3. The number of carbonyl (C=O) groups excluding carboxylic acids is 2. The number of esters is 2. The molecule has 0 rings (SSSR count). The quantitative estimate of drug-likeness (QED) is 0.166. The number of rotatable bonds is 19. The van der Waals surface area contributed by atoms with Gasteiger partial charge in [0.25, 0.3) is 0 Å². The highest BCUT2D eigenvalue weighted by molar-refractivity contribution is 5.76. The lowest BCUT2D eigenvalue weighted by Gasteiger charge is -2.25. The predicted molar refractivity (Wildman–Crippen MR) is 121 cm³/mol. The maximum absolute atomic E-state index is 12.4. The molecule has 1 atom stereocenters. The Morgan fingerprint density at radius 3 is 1.69 bits per heavy atom. The van der Waals surface area contributed by atoms with Gasteiger partial charge in [0.1, 0.15) is 0 Å². The summed E-state index contributed by atoms with van der Waals surface area (Å²) in [5.41, 5.74) is -0.568. The van der Waals surface area contributed by atoms with Crippen molar-refractivity contribution in [3.8, 4) is 0 Å². The molecule has 0 heterocycles. The Bertz CT molecular complexity index is 417. The van der Waals surface area contributed by atoms with Crippen molar-refractivity contribution >= 4 is 11.9 Å². The second-order valence-corrected chi connectivity index (χ2v) is 9.29. The smallest absolute Gasteiger partial charge is 0.311 e. The third kappa shape index (κ3) is 16.4. The van der Waals surface area contributed by atoms with E-state index < -0.39 is 5.41 Å². The molecule has 0 radical (unpaired) electrons. The fourth-order valence-electron chi connectivity index (χ4n) is 3.68. The molecule has 0 aliphatic rings. The van der Waals surface area contributed by atoms with E-state index in [-0.39, 0.29) is 17.9 Å². The van der Waals surface area contributed by atoms with Gasteiger partial charge in [0.05, 0.1) is 18.6 Å². The summed E-state index contributed by atoms with van der Waals surface area (Å²) in [6.07, 6.45) is 15.2. The summed E-state index contributed by atoms with van der Waals surface area (Å²) in [4.78, 5) is 24.4. The van der Waals surface area contributed by atoms with Gasteiger partial charge < -0.3 is 9.47 Å². The third-order valence-corrected chi connectivity index (χ3v) is 5.42. The van der Waals surface area contributed by atoms with Crippen molar-refractivity contribution in [3.05, 3.63) is 0 Å². The van der Waals surface area contributed by atoms with Crippen molar-refractivity contribution in [1.82, 2.24) is 0 Å². The van der Waals surface area contributed by atoms with E-state index in [9.17, 15) is 9.59 Å². The molecule has 0 fully saturated rings. The molecule has 29 heavy (non-hydrogen) atoms. The van der Waals surface area contributed by atoms with E-state index >= 15 is 0 Å².